The van der Waals surface area contributed by atoms with E-state index >= 15 is 0 Å². The topological polar surface area (TPSA) is 38.7 Å². The lowest BCUT2D eigenvalue weighted by Gasteiger charge is -2.00. The van der Waals surface area contributed by atoms with Crippen molar-refractivity contribution < 1.29 is 0 Å². The lowest BCUT2D eigenvalue weighted by molar-refractivity contribution is 0.954. The van der Waals surface area contributed by atoms with Crippen LogP contribution in [0.25, 0.3) is 5.57 Å². The van der Waals surface area contributed by atoms with E-state index in [9.17, 15) is 0 Å². The Morgan fingerprint density at radius 2 is 2.00 bits per heavy atom. The summed E-state index contributed by atoms with van der Waals surface area (Å²) in [7, 11) is 0. The van der Waals surface area contributed by atoms with Gasteiger partial charge < -0.3 is 0 Å². The first-order valence-corrected chi connectivity index (χ1v) is 4.39. The fourth-order valence-electron chi connectivity index (χ4n) is 0.939. The van der Waals surface area contributed by atoms with Crippen LogP contribution in [0.15, 0.2) is 31.4 Å². The maximum atomic E-state index is 5.70. The second-order valence-electron chi connectivity index (χ2n) is 2.54. The van der Waals surface area contributed by atoms with Crippen LogP contribution in [0, 0.1) is 6.92 Å². The summed E-state index contributed by atoms with van der Waals surface area (Å²) in [4.78, 5) is 12.0. The van der Waals surface area contributed by atoms with Gasteiger partial charge in [0.05, 0.1) is 0 Å². The van der Waals surface area contributed by atoms with E-state index in [1.807, 2.05) is 0 Å². The maximum Gasteiger partial charge on any atom is 0.226 e. The molecule has 4 heteroatoms. The molecule has 0 saturated carbocycles. The lowest BCUT2D eigenvalue weighted by Crippen LogP contribution is -1.98. The van der Waals surface area contributed by atoms with E-state index in [-0.39, 0.29) is 5.28 Å². The molecule has 1 aromatic heterocycles. The second-order valence-corrected chi connectivity index (χ2v) is 2.88. The van der Waals surface area contributed by atoms with Crippen LogP contribution in [0.2, 0.25) is 5.28 Å². The molecule has 0 bridgehead atoms. The largest absolute Gasteiger partial charge is 0.226 e. The first kappa shape index (κ1) is 10.6. The third kappa shape index (κ3) is 2.50. The summed E-state index contributed by atoms with van der Waals surface area (Å²) in [5.41, 5.74) is 0.771. The summed E-state index contributed by atoms with van der Waals surface area (Å²) in [6.07, 6.45) is 5.05. The number of rotatable bonds is 3. The number of aromatic nitrogens is 3. The molecule has 0 amide bonds. The maximum absolute atomic E-state index is 5.70. The molecule has 0 N–H and O–H groups in total. The number of aryl methyl sites for hydroxylation is 1. The molecule has 0 radical (unpaired) electrons. The number of halogens is 1. The zero-order chi connectivity index (χ0) is 10.6. The van der Waals surface area contributed by atoms with Gasteiger partial charge in [-0.25, -0.2) is 9.97 Å². The third-order valence-corrected chi connectivity index (χ3v) is 1.66. The van der Waals surface area contributed by atoms with Crippen LogP contribution in [0.4, 0.5) is 0 Å². The molecule has 14 heavy (non-hydrogen) atoms. The van der Waals surface area contributed by atoms with Crippen LogP contribution >= 0.6 is 11.6 Å². The molecule has 0 spiro atoms. The number of allylic oxidation sites excluding steroid dienone is 4. The van der Waals surface area contributed by atoms with Gasteiger partial charge in [0.15, 0.2) is 5.82 Å². The minimum Gasteiger partial charge on any atom is -0.213 e. The molecule has 0 aliphatic heterocycles. The average Bonchev–Trinajstić information content (AvgIpc) is 2.12. The summed E-state index contributed by atoms with van der Waals surface area (Å²) in [6.45, 7) is 9.00. The summed E-state index contributed by atoms with van der Waals surface area (Å²) >= 11 is 5.70. The fraction of sp³-hybridized carbons (Fsp3) is 0.100. The van der Waals surface area contributed by atoms with Gasteiger partial charge >= 0.3 is 0 Å². The summed E-state index contributed by atoms with van der Waals surface area (Å²) < 4.78 is 0. The smallest absolute Gasteiger partial charge is 0.213 e. The molecule has 72 valence electrons. The van der Waals surface area contributed by atoms with Gasteiger partial charge in [-0.2, -0.15) is 4.98 Å². The Balaban J connectivity index is 3.23. The monoisotopic (exact) mass is 207 g/mol. The van der Waals surface area contributed by atoms with Gasteiger partial charge in [0.1, 0.15) is 5.82 Å². The Labute approximate surface area is 87.9 Å². The predicted octanol–water partition coefficient (Wildman–Crippen LogP) is 2.59. The Bertz CT molecular complexity index is 376. The van der Waals surface area contributed by atoms with Crippen LogP contribution < -0.4 is 0 Å². The Hall–Kier alpha value is -1.48. The number of hydrogen-bond acceptors (Lipinski definition) is 3. The van der Waals surface area contributed by atoms with Gasteiger partial charge in [-0.15, -0.1) is 0 Å². The number of hydrogen-bond donors (Lipinski definition) is 0. The molecule has 1 heterocycles. The molecule has 0 atom stereocenters. The van der Waals surface area contributed by atoms with Gasteiger partial charge in [-0.05, 0) is 18.5 Å². The molecule has 1 aromatic rings. The lowest BCUT2D eigenvalue weighted by atomic mass is 10.2. The third-order valence-electron chi connectivity index (χ3n) is 1.50. The van der Waals surface area contributed by atoms with E-state index in [2.05, 4.69) is 28.1 Å². The minimum atomic E-state index is 0.185. The molecular formula is C10H10ClN3. The zero-order valence-electron chi connectivity index (χ0n) is 7.87. The van der Waals surface area contributed by atoms with Crippen molar-refractivity contribution in [2.75, 3.05) is 0 Å². The van der Waals surface area contributed by atoms with Crippen LogP contribution in [0.3, 0.4) is 0 Å². The molecule has 0 aliphatic carbocycles. The second kappa shape index (κ2) is 4.67. The van der Waals surface area contributed by atoms with Crippen LogP contribution in [0.1, 0.15) is 11.6 Å². The fourth-order valence-corrected chi connectivity index (χ4v) is 1.14. The van der Waals surface area contributed by atoms with Crippen molar-refractivity contribution in [3.05, 3.63) is 48.3 Å². The highest BCUT2D eigenvalue weighted by molar-refractivity contribution is 6.28. The molecule has 3 nitrogen and oxygen atoms in total. The quantitative estimate of drug-likeness (QED) is 0.716. The highest BCUT2D eigenvalue weighted by Crippen LogP contribution is 2.12. The van der Waals surface area contributed by atoms with Gasteiger partial charge in [-0.3, -0.25) is 0 Å². The molecular weight excluding hydrogens is 198 g/mol. The van der Waals surface area contributed by atoms with Crippen molar-refractivity contribution in [2.24, 2.45) is 0 Å². The zero-order valence-corrected chi connectivity index (χ0v) is 8.62. The Morgan fingerprint density at radius 1 is 1.29 bits per heavy atom. The van der Waals surface area contributed by atoms with Crippen molar-refractivity contribution in [1.82, 2.24) is 15.0 Å². The normalized spacial score (nSPS) is 11.1. The van der Waals surface area contributed by atoms with Crippen LogP contribution in [-0.4, -0.2) is 15.0 Å². The SMILES string of the molecule is C=C/C=C(\C=C)c1nc(C)nc(Cl)n1. The molecule has 0 aliphatic rings. The summed E-state index contributed by atoms with van der Waals surface area (Å²) in [5.74, 6) is 1.09. The van der Waals surface area contributed by atoms with Gasteiger partial charge in [0, 0.05) is 5.57 Å². The first-order valence-electron chi connectivity index (χ1n) is 4.01. The van der Waals surface area contributed by atoms with E-state index in [4.69, 9.17) is 11.6 Å². The van der Waals surface area contributed by atoms with E-state index < -0.39 is 0 Å². The van der Waals surface area contributed by atoms with Crippen molar-refractivity contribution in [2.45, 2.75) is 6.92 Å². The standard InChI is InChI=1S/C10H10ClN3/c1-4-6-8(5-2)9-12-7(3)13-10(11)14-9/h4-6H,1-2H2,3H3/b8-6+. The van der Waals surface area contributed by atoms with E-state index in [0.29, 0.717) is 11.6 Å². The summed E-state index contributed by atoms with van der Waals surface area (Å²) in [5, 5.41) is 0.185. The van der Waals surface area contributed by atoms with Crippen molar-refractivity contribution >= 4 is 17.2 Å². The van der Waals surface area contributed by atoms with Gasteiger partial charge in [0.25, 0.3) is 0 Å². The van der Waals surface area contributed by atoms with Crippen molar-refractivity contribution in [1.29, 1.82) is 0 Å². The van der Waals surface area contributed by atoms with Crippen LogP contribution in [-0.2, 0) is 0 Å². The predicted molar refractivity (Wildman–Crippen MR) is 57.9 cm³/mol. The molecule has 0 aromatic carbocycles. The van der Waals surface area contributed by atoms with Gasteiger partial charge in [-0.1, -0.05) is 31.4 Å². The van der Waals surface area contributed by atoms with Crippen LogP contribution in [0.5, 0.6) is 0 Å². The van der Waals surface area contributed by atoms with E-state index in [0.717, 1.165) is 5.57 Å². The Kier molecular flexibility index (Phi) is 3.54. The molecule has 0 unspecified atom stereocenters. The molecule has 1 rings (SSSR count). The minimum absolute atomic E-state index is 0.185. The average molecular weight is 208 g/mol. The van der Waals surface area contributed by atoms with Gasteiger partial charge in [0.2, 0.25) is 5.28 Å². The summed E-state index contributed by atoms with van der Waals surface area (Å²) in [6, 6.07) is 0. The van der Waals surface area contributed by atoms with E-state index in [1.165, 1.54) is 0 Å². The van der Waals surface area contributed by atoms with E-state index in [1.54, 1.807) is 25.2 Å². The van der Waals surface area contributed by atoms with Crippen molar-refractivity contribution in [3.8, 4) is 0 Å². The molecule has 0 saturated heterocycles. The highest BCUT2D eigenvalue weighted by Gasteiger charge is 2.03. The first-order chi connectivity index (χ1) is 6.67. The molecule has 0 fully saturated rings. The highest BCUT2D eigenvalue weighted by atomic mass is 35.5. The Morgan fingerprint density at radius 3 is 2.50 bits per heavy atom. The number of nitrogens with zero attached hydrogens (tertiary/aromatic N) is 3. The van der Waals surface area contributed by atoms with Crippen molar-refractivity contribution in [3.63, 3.8) is 0 Å².